The molecule has 2 atom stereocenters. The summed E-state index contributed by atoms with van der Waals surface area (Å²) in [5.74, 6) is 2.63. The predicted molar refractivity (Wildman–Crippen MR) is 75.7 cm³/mol. The van der Waals surface area contributed by atoms with Gasteiger partial charge >= 0.3 is 0 Å². The van der Waals surface area contributed by atoms with Crippen LogP contribution >= 0.6 is 22.9 Å². The molecule has 4 bridgehead atoms. The number of amides is 1. The van der Waals surface area contributed by atoms with Crippen molar-refractivity contribution >= 4 is 28.8 Å². The summed E-state index contributed by atoms with van der Waals surface area (Å²) in [6, 6.07) is 0. The first-order valence-electron chi connectivity index (χ1n) is 7.00. The number of aromatic nitrogens is 1. The van der Waals surface area contributed by atoms with Gasteiger partial charge in [0.05, 0.1) is 0 Å². The highest BCUT2D eigenvalue weighted by molar-refractivity contribution is 7.16. The van der Waals surface area contributed by atoms with Gasteiger partial charge in [0, 0.05) is 10.4 Å². The monoisotopic (exact) mass is 296 g/mol. The third-order valence-corrected chi connectivity index (χ3v) is 6.67. The quantitative estimate of drug-likeness (QED) is 0.928. The Bertz CT molecular complexity index is 556. The number of thiazole rings is 1. The smallest absolute Gasteiger partial charge is 0.271 e. The average Bonchev–Trinajstić information content (AvgIpc) is 2.89. The van der Waals surface area contributed by atoms with Crippen LogP contribution in [0.5, 0.6) is 0 Å². The van der Waals surface area contributed by atoms with Gasteiger partial charge in [0.25, 0.3) is 5.91 Å². The summed E-state index contributed by atoms with van der Waals surface area (Å²) >= 11 is 7.41. The molecule has 4 aliphatic rings. The molecule has 5 rings (SSSR count). The second-order valence-electron chi connectivity index (χ2n) is 6.58. The Kier molecular flexibility index (Phi) is 2.39. The van der Waals surface area contributed by atoms with E-state index in [-0.39, 0.29) is 17.4 Å². The number of carbonyl (C=O) groups excluding carboxylic acids is 1. The zero-order valence-electron chi connectivity index (χ0n) is 11.1. The van der Waals surface area contributed by atoms with E-state index in [9.17, 15) is 4.79 Å². The van der Waals surface area contributed by atoms with Gasteiger partial charge in [0.1, 0.15) is 5.69 Å². The molecule has 4 fully saturated rings. The predicted octanol–water partition coefficient (Wildman–Crippen LogP) is 3.45. The second kappa shape index (κ2) is 3.73. The maximum atomic E-state index is 12.5. The van der Waals surface area contributed by atoms with Crippen molar-refractivity contribution in [2.24, 2.45) is 17.8 Å². The van der Waals surface area contributed by atoms with Crippen LogP contribution in [0.3, 0.4) is 0 Å². The number of hydrogen-bond acceptors (Lipinski definition) is 3. The van der Waals surface area contributed by atoms with Crippen LogP contribution in [0.25, 0.3) is 0 Å². The van der Waals surface area contributed by atoms with E-state index in [2.05, 4.69) is 24.1 Å². The number of nitrogens with one attached hydrogen (secondary N) is 1. The van der Waals surface area contributed by atoms with Crippen LogP contribution < -0.4 is 5.32 Å². The fourth-order valence-corrected chi connectivity index (χ4v) is 5.60. The third kappa shape index (κ3) is 1.56. The van der Waals surface area contributed by atoms with Crippen LogP contribution in [0.15, 0.2) is 0 Å². The molecule has 1 amide bonds. The number of carbonyl (C=O) groups is 1. The fourth-order valence-electron chi connectivity index (χ4n) is 4.48. The summed E-state index contributed by atoms with van der Waals surface area (Å²) in [5.41, 5.74) is 0.681. The van der Waals surface area contributed by atoms with Gasteiger partial charge < -0.3 is 5.32 Å². The molecule has 5 heteroatoms. The fraction of sp³-hybridized carbons (Fsp3) is 0.714. The van der Waals surface area contributed by atoms with Crippen molar-refractivity contribution in [2.75, 3.05) is 0 Å². The Balaban J connectivity index is 1.59. The zero-order valence-corrected chi connectivity index (χ0v) is 12.6. The lowest BCUT2D eigenvalue weighted by Crippen LogP contribution is -2.38. The topological polar surface area (TPSA) is 42.0 Å². The Labute approximate surface area is 121 Å². The minimum atomic E-state index is -0.0121. The summed E-state index contributed by atoms with van der Waals surface area (Å²) in [4.78, 5) is 17.7. The summed E-state index contributed by atoms with van der Waals surface area (Å²) in [5, 5.41) is 3.29. The normalized spacial score (nSPS) is 38.0. The Morgan fingerprint density at radius 3 is 2.68 bits per heavy atom. The summed E-state index contributed by atoms with van der Waals surface area (Å²) < 4.78 is 0.467. The van der Waals surface area contributed by atoms with Crippen LogP contribution in [0, 0.1) is 17.8 Å². The van der Waals surface area contributed by atoms with E-state index < -0.39 is 0 Å². The number of rotatable bonds is 3. The van der Waals surface area contributed by atoms with E-state index in [1.54, 1.807) is 0 Å². The first-order chi connectivity index (χ1) is 9.01. The molecule has 0 spiro atoms. The van der Waals surface area contributed by atoms with E-state index in [0.717, 1.165) is 22.6 Å². The molecule has 3 nitrogen and oxygen atoms in total. The largest absolute Gasteiger partial charge is 0.345 e. The molecule has 0 saturated heterocycles. The molecule has 4 aliphatic carbocycles. The highest BCUT2D eigenvalue weighted by Gasteiger charge is 2.75. The van der Waals surface area contributed by atoms with Crippen molar-refractivity contribution in [1.82, 2.24) is 10.3 Å². The number of halogens is 1. The molecule has 0 aromatic carbocycles. The lowest BCUT2D eigenvalue weighted by atomic mass is 10.1. The maximum absolute atomic E-state index is 12.5. The van der Waals surface area contributed by atoms with Crippen molar-refractivity contribution in [1.29, 1.82) is 0 Å². The number of hydrogen-bond donors (Lipinski definition) is 1. The van der Waals surface area contributed by atoms with E-state index in [4.69, 9.17) is 11.6 Å². The van der Waals surface area contributed by atoms with Gasteiger partial charge in [0.2, 0.25) is 0 Å². The van der Waals surface area contributed by atoms with E-state index in [0.29, 0.717) is 10.2 Å². The van der Waals surface area contributed by atoms with Crippen LogP contribution in [0.2, 0.25) is 4.47 Å². The first-order valence-corrected chi connectivity index (χ1v) is 8.19. The minimum Gasteiger partial charge on any atom is -0.345 e. The van der Waals surface area contributed by atoms with Crippen molar-refractivity contribution in [3.05, 3.63) is 15.0 Å². The van der Waals surface area contributed by atoms with E-state index in [1.165, 1.54) is 30.6 Å². The van der Waals surface area contributed by atoms with Crippen LogP contribution in [-0.2, 0) is 0 Å². The first kappa shape index (κ1) is 12.2. The molecule has 19 heavy (non-hydrogen) atoms. The van der Waals surface area contributed by atoms with Gasteiger partial charge in [-0.2, -0.15) is 0 Å². The molecule has 0 aliphatic heterocycles. The zero-order chi connectivity index (χ0) is 13.4. The molecule has 1 heterocycles. The highest BCUT2D eigenvalue weighted by Crippen LogP contribution is 2.73. The molecular weight excluding hydrogens is 280 g/mol. The Morgan fingerprint density at radius 1 is 1.47 bits per heavy atom. The summed E-state index contributed by atoms with van der Waals surface area (Å²) in [6.45, 7) is 4.15. The van der Waals surface area contributed by atoms with Gasteiger partial charge in [-0.1, -0.05) is 25.4 Å². The lowest BCUT2D eigenvalue weighted by Gasteiger charge is -2.14. The average molecular weight is 297 g/mol. The molecule has 1 N–H and O–H groups in total. The lowest BCUT2D eigenvalue weighted by molar-refractivity contribution is 0.0923. The number of nitrogens with zero attached hydrogens (tertiary/aromatic N) is 1. The van der Waals surface area contributed by atoms with Crippen LogP contribution in [0.4, 0.5) is 0 Å². The van der Waals surface area contributed by atoms with Gasteiger partial charge in [-0.3, -0.25) is 4.79 Å². The SMILES string of the molecule is CC(C)c1sc(Cl)nc1C(=O)NC12CC3CC1C2C3. The summed E-state index contributed by atoms with van der Waals surface area (Å²) in [6.07, 6.45) is 3.82. The van der Waals surface area contributed by atoms with Crippen molar-refractivity contribution in [2.45, 2.75) is 44.6 Å². The van der Waals surface area contributed by atoms with Crippen molar-refractivity contribution in [3.63, 3.8) is 0 Å². The molecule has 4 saturated carbocycles. The molecule has 1 aromatic heterocycles. The van der Waals surface area contributed by atoms with Gasteiger partial charge in [0.15, 0.2) is 4.47 Å². The molecule has 102 valence electrons. The van der Waals surface area contributed by atoms with E-state index in [1.807, 2.05) is 0 Å². The van der Waals surface area contributed by atoms with Crippen molar-refractivity contribution < 1.29 is 4.79 Å². The standard InChI is InChI=1S/C14H17ClN2OS/c1-6(2)11-10(16-13(15)19-11)12(18)17-14-5-7-3-8(14)9(14)4-7/h6-9H,3-5H2,1-2H3,(H,17,18). The van der Waals surface area contributed by atoms with Gasteiger partial charge in [-0.05, 0) is 42.9 Å². The summed E-state index contributed by atoms with van der Waals surface area (Å²) in [7, 11) is 0. The second-order valence-corrected chi connectivity index (χ2v) is 8.20. The maximum Gasteiger partial charge on any atom is 0.271 e. The van der Waals surface area contributed by atoms with Gasteiger partial charge in [-0.15, -0.1) is 11.3 Å². The van der Waals surface area contributed by atoms with Crippen LogP contribution in [-0.4, -0.2) is 16.4 Å². The molecular formula is C14H17ClN2OS. The molecule has 2 unspecified atom stereocenters. The van der Waals surface area contributed by atoms with Gasteiger partial charge in [-0.25, -0.2) is 4.98 Å². The van der Waals surface area contributed by atoms with E-state index >= 15 is 0 Å². The molecule has 0 radical (unpaired) electrons. The third-order valence-electron chi connectivity index (χ3n) is 5.21. The minimum absolute atomic E-state index is 0.0121. The van der Waals surface area contributed by atoms with Crippen LogP contribution in [0.1, 0.15) is 54.4 Å². The Hall–Kier alpha value is -0.610. The van der Waals surface area contributed by atoms with Crippen molar-refractivity contribution in [3.8, 4) is 0 Å². The molecule has 1 aromatic rings. The highest BCUT2D eigenvalue weighted by atomic mass is 35.5. The Morgan fingerprint density at radius 2 is 2.16 bits per heavy atom.